The first-order chi connectivity index (χ1) is 10.7. The number of carbonyl (C=O) groups is 2. The number of aliphatic hydroxyl groups is 1. The molecule has 7 atom stereocenters. The molecule has 0 aromatic rings. The molecule has 2 aliphatic carbocycles. The number of esters is 2. The quantitative estimate of drug-likeness (QED) is 0.728. The van der Waals surface area contributed by atoms with E-state index in [0.29, 0.717) is 26.2 Å². The molecule has 0 radical (unpaired) electrons. The SMILES string of the molecule is CC(F)(F)C(=O)OC1CC2CC1CC21OC2OC(=O)C(O)C2O1. The van der Waals surface area contributed by atoms with Crippen LogP contribution in [0.1, 0.15) is 26.2 Å². The highest BCUT2D eigenvalue weighted by Gasteiger charge is 2.67. The number of alkyl halides is 2. The molecule has 4 aliphatic rings. The Labute approximate surface area is 129 Å². The van der Waals surface area contributed by atoms with E-state index in [4.69, 9.17) is 18.9 Å². The average Bonchev–Trinajstić information content (AvgIpc) is 3.14. The largest absolute Gasteiger partial charge is 0.458 e. The second-order valence-corrected chi connectivity index (χ2v) is 6.73. The summed E-state index contributed by atoms with van der Waals surface area (Å²) in [5.41, 5.74) is 0. The number of rotatable bonds is 2. The van der Waals surface area contributed by atoms with Crippen molar-refractivity contribution in [1.82, 2.24) is 0 Å². The van der Waals surface area contributed by atoms with Gasteiger partial charge in [0.2, 0.25) is 6.29 Å². The molecule has 2 heterocycles. The molecule has 1 spiro atoms. The predicted octanol–water partition coefficient (Wildman–Crippen LogP) is 0.339. The van der Waals surface area contributed by atoms with Crippen molar-refractivity contribution in [2.75, 3.05) is 0 Å². The zero-order valence-electron chi connectivity index (χ0n) is 12.2. The van der Waals surface area contributed by atoms with Crippen molar-refractivity contribution in [3.63, 3.8) is 0 Å². The summed E-state index contributed by atoms with van der Waals surface area (Å²) in [6.07, 6.45) is -2.50. The maximum absolute atomic E-state index is 12.9. The first-order valence-corrected chi connectivity index (χ1v) is 7.53. The Morgan fingerprint density at radius 3 is 2.70 bits per heavy atom. The molecule has 4 fully saturated rings. The lowest BCUT2D eigenvalue weighted by Gasteiger charge is -2.35. The minimum atomic E-state index is -3.52. The van der Waals surface area contributed by atoms with Gasteiger partial charge in [-0.15, -0.1) is 0 Å². The van der Waals surface area contributed by atoms with Crippen LogP contribution in [-0.2, 0) is 28.5 Å². The van der Waals surface area contributed by atoms with Gasteiger partial charge in [0.15, 0.2) is 18.0 Å². The van der Waals surface area contributed by atoms with Gasteiger partial charge in [-0.3, -0.25) is 0 Å². The second kappa shape index (κ2) is 4.61. The summed E-state index contributed by atoms with van der Waals surface area (Å²) in [6.45, 7) is 0.504. The van der Waals surface area contributed by atoms with E-state index in [-0.39, 0.29) is 11.8 Å². The fourth-order valence-corrected chi connectivity index (χ4v) is 4.07. The zero-order valence-corrected chi connectivity index (χ0v) is 12.2. The third kappa shape index (κ3) is 2.17. The molecule has 2 bridgehead atoms. The lowest BCUT2D eigenvalue weighted by molar-refractivity contribution is -0.249. The Morgan fingerprint density at radius 2 is 2.13 bits per heavy atom. The molecule has 4 rings (SSSR count). The van der Waals surface area contributed by atoms with Crippen molar-refractivity contribution in [3.05, 3.63) is 0 Å². The molecule has 23 heavy (non-hydrogen) atoms. The minimum absolute atomic E-state index is 0.155. The van der Waals surface area contributed by atoms with Crippen LogP contribution in [0.4, 0.5) is 8.78 Å². The second-order valence-electron chi connectivity index (χ2n) is 6.73. The highest BCUT2D eigenvalue weighted by Crippen LogP contribution is 2.58. The lowest BCUT2D eigenvalue weighted by atomic mass is 9.91. The van der Waals surface area contributed by atoms with Crippen LogP contribution in [0.5, 0.6) is 0 Å². The summed E-state index contributed by atoms with van der Waals surface area (Å²) < 4.78 is 47.2. The summed E-state index contributed by atoms with van der Waals surface area (Å²) >= 11 is 0. The van der Waals surface area contributed by atoms with Gasteiger partial charge < -0.3 is 24.1 Å². The maximum atomic E-state index is 12.9. The summed E-state index contributed by atoms with van der Waals surface area (Å²) in [6, 6.07) is 0. The molecule has 0 aromatic carbocycles. The summed E-state index contributed by atoms with van der Waals surface area (Å²) in [7, 11) is 0. The topological polar surface area (TPSA) is 91.3 Å². The summed E-state index contributed by atoms with van der Waals surface area (Å²) in [5, 5.41) is 9.71. The molecular weight excluding hydrogens is 318 g/mol. The highest BCUT2D eigenvalue weighted by molar-refractivity contribution is 5.78. The fraction of sp³-hybridized carbons (Fsp3) is 0.857. The number of carbonyl (C=O) groups excluding carboxylic acids is 2. The van der Waals surface area contributed by atoms with Crippen LogP contribution in [0.3, 0.4) is 0 Å². The predicted molar refractivity (Wildman–Crippen MR) is 65.9 cm³/mol. The summed E-state index contributed by atoms with van der Waals surface area (Å²) in [4.78, 5) is 22.6. The van der Waals surface area contributed by atoms with E-state index in [2.05, 4.69) is 0 Å². The van der Waals surface area contributed by atoms with Crippen LogP contribution in [0.2, 0.25) is 0 Å². The zero-order chi connectivity index (χ0) is 16.6. The van der Waals surface area contributed by atoms with Crippen LogP contribution >= 0.6 is 0 Å². The molecule has 7 nitrogen and oxygen atoms in total. The molecule has 7 unspecified atom stereocenters. The van der Waals surface area contributed by atoms with Crippen molar-refractivity contribution in [2.45, 2.75) is 62.5 Å². The van der Waals surface area contributed by atoms with E-state index in [1.165, 1.54) is 0 Å². The Balaban J connectivity index is 1.42. The molecule has 2 saturated carbocycles. The van der Waals surface area contributed by atoms with Gasteiger partial charge in [0, 0.05) is 25.2 Å². The van der Waals surface area contributed by atoms with Gasteiger partial charge in [0.05, 0.1) is 0 Å². The first kappa shape index (κ1) is 15.2. The van der Waals surface area contributed by atoms with Crippen molar-refractivity contribution in [3.8, 4) is 0 Å². The number of fused-ring (bicyclic) bond motifs is 4. The van der Waals surface area contributed by atoms with Crippen LogP contribution in [0.15, 0.2) is 0 Å². The summed E-state index contributed by atoms with van der Waals surface area (Å²) in [5.74, 6) is -7.15. The van der Waals surface area contributed by atoms with Gasteiger partial charge >= 0.3 is 17.9 Å². The van der Waals surface area contributed by atoms with E-state index in [1.54, 1.807) is 0 Å². The van der Waals surface area contributed by atoms with Gasteiger partial charge in [-0.1, -0.05) is 0 Å². The Kier molecular flexibility index (Phi) is 3.05. The van der Waals surface area contributed by atoms with E-state index >= 15 is 0 Å². The smallest absolute Gasteiger partial charge is 0.376 e. The van der Waals surface area contributed by atoms with Gasteiger partial charge in [0.25, 0.3) is 0 Å². The van der Waals surface area contributed by atoms with Gasteiger partial charge in [-0.2, -0.15) is 8.78 Å². The van der Waals surface area contributed by atoms with Crippen molar-refractivity contribution >= 4 is 11.9 Å². The van der Waals surface area contributed by atoms with Gasteiger partial charge in [-0.05, 0) is 12.8 Å². The fourth-order valence-electron chi connectivity index (χ4n) is 4.07. The van der Waals surface area contributed by atoms with Gasteiger partial charge in [0.1, 0.15) is 6.10 Å². The molecule has 1 N–H and O–H groups in total. The van der Waals surface area contributed by atoms with E-state index in [0.717, 1.165) is 0 Å². The van der Waals surface area contributed by atoms with Crippen LogP contribution in [-0.4, -0.2) is 53.4 Å². The standard InChI is InChI=1S/C14H16F2O7/c1-13(15,16)12(19)20-7-3-6-2-5(7)4-14(6)22-9-8(17)10(18)21-11(9)23-14/h5-9,11,17H,2-4H2,1H3. The molecule has 2 aliphatic heterocycles. The molecular formula is C14H16F2O7. The number of hydrogen-bond donors (Lipinski definition) is 1. The molecule has 9 heteroatoms. The first-order valence-electron chi connectivity index (χ1n) is 7.53. The molecule has 128 valence electrons. The number of ether oxygens (including phenoxy) is 4. The third-order valence-electron chi connectivity index (χ3n) is 5.12. The Bertz CT molecular complexity index is 562. The average molecular weight is 334 g/mol. The van der Waals surface area contributed by atoms with Gasteiger partial charge in [-0.25, -0.2) is 9.59 Å². The van der Waals surface area contributed by atoms with Crippen LogP contribution < -0.4 is 0 Å². The Morgan fingerprint density at radius 1 is 1.39 bits per heavy atom. The maximum Gasteiger partial charge on any atom is 0.376 e. The Hall–Kier alpha value is -1.32. The monoisotopic (exact) mass is 334 g/mol. The van der Waals surface area contributed by atoms with E-state index in [9.17, 15) is 23.5 Å². The highest BCUT2D eigenvalue weighted by atomic mass is 19.3. The molecule has 2 saturated heterocycles. The third-order valence-corrected chi connectivity index (χ3v) is 5.12. The van der Waals surface area contributed by atoms with Crippen molar-refractivity contribution < 1.29 is 42.4 Å². The molecule has 0 amide bonds. The lowest BCUT2D eigenvalue weighted by Crippen LogP contribution is -2.44. The minimum Gasteiger partial charge on any atom is -0.458 e. The van der Waals surface area contributed by atoms with Crippen molar-refractivity contribution in [2.24, 2.45) is 11.8 Å². The number of halogens is 2. The number of hydrogen-bond acceptors (Lipinski definition) is 7. The normalized spacial score (nSPS) is 47.9. The van der Waals surface area contributed by atoms with E-state index < -0.39 is 48.3 Å². The van der Waals surface area contributed by atoms with Crippen molar-refractivity contribution in [1.29, 1.82) is 0 Å². The van der Waals surface area contributed by atoms with Crippen LogP contribution in [0, 0.1) is 11.8 Å². The molecule has 0 aromatic heterocycles. The number of aliphatic hydroxyl groups excluding tert-OH is 1. The van der Waals surface area contributed by atoms with E-state index in [1.807, 2.05) is 0 Å². The van der Waals surface area contributed by atoms with Crippen LogP contribution in [0.25, 0.3) is 0 Å².